The Balaban J connectivity index is 1.47. The maximum Gasteiger partial charge on any atom is 0.0494 e. The molecule has 19 heavy (non-hydrogen) atoms. The molecule has 1 N–H and O–H groups in total. The summed E-state index contributed by atoms with van der Waals surface area (Å²) in [4.78, 5) is 2.61. The Morgan fingerprint density at radius 2 is 1.95 bits per heavy atom. The van der Waals surface area contributed by atoms with Crippen molar-refractivity contribution in [2.75, 3.05) is 39.4 Å². The first kappa shape index (κ1) is 15.3. The van der Waals surface area contributed by atoms with Gasteiger partial charge in [0, 0.05) is 31.8 Å². The zero-order chi connectivity index (χ0) is 13.7. The third-order valence-electron chi connectivity index (χ3n) is 4.10. The molecule has 3 nitrogen and oxygen atoms in total. The summed E-state index contributed by atoms with van der Waals surface area (Å²) in [6.07, 6.45) is 5.35. The molecule has 0 aromatic heterocycles. The van der Waals surface area contributed by atoms with E-state index in [1.807, 2.05) is 0 Å². The largest absolute Gasteiger partial charge is 0.381 e. The lowest BCUT2D eigenvalue weighted by Crippen LogP contribution is -2.39. The number of rotatable bonds is 8. The second kappa shape index (κ2) is 7.05. The Morgan fingerprint density at radius 1 is 1.16 bits per heavy atom. The Kier molecular flexibility index (Phi) is 5.67. The fourth-order valence-electron chi connectivity index (χ4n) is 2.66. The first-order chi connectivity index (χ1) is 9.03. The van der Waals surface area contributed by atoms with Crippen molar-refractivity contribution < 1.29 is 4.74 Å². The molecule has 1 atom stereocenters. The fraction of sp³-hybridized carbons (Fsp3) is 1.00. The van der Waals surface area contributed by atoms with Crippen molar-refractivity contribution in [1.29, 1.82) is 0 Å². The van der Waals surface area contributed by atoms with Gasteiger partial charge < -0.3 is 15.0 Å². The van der Waals surface area contributed by atoms with E-state index < -0.39 is 0 Å². The normalized spacial score (nSPS) is 25.1. The predicted octanol–water partition coefficient (Wildman–Crippen LogP) is 2.51. The van der Waals surface area contributed by atoms with Gasteiger partial charge >= 0.3 is 0 Å². The summed E-state index contributed by atoms with van der Waals surface area (Å²) in [6.45, 7) is 13.6. The highest BCUT2D eigenvalue weighted by Gasteiger charge is 2.23. The van der Waals surface area contributed by atoms with E-state index >= 15 is 0 Å². The minimum atomic E-state index is 0.254. The average molecular weight is 268 g/mol. The Bertz CT molecular complexity index is 258. The van der Waals surface area contributed by atoms with Gasteiger partial charge in [-0.05, 0) is 71.4 Å². The fourth-order valence-corrected chi connectivity index (χ4v) is 2.66. The highest BCUT2D eigenvalue weighted by molar-refractivity contribution is 4.80. The number of ether oxygens (including phenoxy) is 1. The number of likely N-dealkylation sites (tertiary alicyclic amines) is 1. The second-order valence-electron chi connectivity index (χ2n) is 7.46. The second-order valence-corrected chi connectivity index (χ2v) is 7.46. The number of hydrogen-bond acceptors (Lipinski definition) is 3. The van der Waals surface area contributed by atoms with Crippen molar-refractivity contribution in [3.8, 4) is 0 Å². The molecule has 2 fully saturated rings. The van der Waals surface area contributed by atoms with E-state index in [2.05, 4.69) is 31.0 Å². The van der Waals surface area contributed by atoms with Gasteiger partial charge in [-0.3, -0.25) is 0 Å². The maximum absolute atomic E-state index is 5.70. The van der Waals surface area contributed by atoms with E-state index in [-0.39, 0.29) is 5.54 Å². The standard InChI is InChI=1S/C16H32N2O/c1-16(2,3)17-11-15-7-9-18(12-15)8-4-10-19-13-14-5-6-14/h14-15,17H,4-13H2,1-3H3. The molecule has 0 aromatic carbocycles. The van der Waals surface area contributed by atoms with Gasteiger partial charge in [0.1, 0.15) is 0 Å². The van der Waals surface area contributed by atoms with Crippen LogP contribution in [0.1, 0.15) is 46.5 Å². The molecule has 0 bridgehead atoms. The molecule has 0 aromatic rings. The van der Waals surface area contributed by atoms with Crippen LogP contribution >= 0.6 is 0 Å². The van der Waals surface area contributed by atoms with E-state index in [4.69, 9.17) is 4.74 Å². The van der Waals surface area contributed by atoms with Crippen LogP contribution in [0.15, 0.2) is 0 Å². The molecule has 1 unspecified atom stereocenters. The summed E-state index contributed by atoms with van der Waals surface area (Å²) in [5.74, 6) is 1.74. The molecular formula is C16H32N2O. The number of nitrogens with zero attached hydrogens (tertiary/aromatic N) is 1. The van der Waals surface area contributed by atoms with Crippen LogP contribution in [0.4, 0.5) is 0 Å². The van der Waals surface area contributed by atoms with E-state index in [0.717, 1.165) is 31.6 Å². The predicted molar refractivity (Wildman–Crippen MR) is 80.5 cm³/mol. The van der Waals surface area contributed by atoms with Crippen LogP contribution in [0.3, 0.4) is 0 Å². The van der Waals surface area contributed by atoms with Crippen LogP contribution in [0, 0.1) is 11.8 Å². The quantitative estimate of drug-likeness (QED) is 0.685. The number of nitrogens with one attached hydrogen (secondary N) is 1. The van der Waals surface area contributed by atoms with Crippen LogP contribution < -0.4 is 5.32 Å². The van der Waals surface area contributed by atoms with Crippen molar-refractivity contribution in [1.82, 2.24) is 10.2 Å². The molecule has 1 saturated heterocycles. The van der Waals surface area contributed by atoms with Gasteiger partial charge in [0.2, 0.25) is 0 Å². The minimum absolute atomic E-state index is 0.254. The van der Waals surface area contributed by atoms with Gasteiger partial charge in [0.05, 0.1) is 0 Å². The van der Waals surface area contributed by atoms with Gasteiger partial charge in [-0.25, -0.2) is 0 Å². The maximum atomic E-state index is 5.70. The highest BCUT2D eigenvalue weighted by Crippen LogP contribution is 2.28. The van der Waals surface area contributed by atoms with E-state index in [1.165, 1.54) is 45.3 Å². The van der Waals surface area contributed by atoms with Crippen LogP contribution in [-0.2, 0) is 4.74 Å². The molecule has 0 amide bonds. The first-order valence-electron chi connectivity index (χ1n) is 8.08. The zero-order valence-corrected chi connectivity index (χ0v) is 13.1. The van der Waals surface area contributed by atoms with Crippen molar-refractivity contribution in [3.63, 3.8) is 0 Å². The summed E-state index contributed by atoms with van der Waals surface area (Å²) in [6, 6.07) is 0. The van der Waals surface area contributed by atoms with E-state index in [9.17, 15) is 0 Å². The van der Waals surface area contributed by atoms with Gasteiger partial charge in [-0.15, -0.1) is 0 Å². The molecule has 0 radical (unpaired) electrons. The molecular weight excluding hydrogens is 236 g/mol. The summed E-state index contributed by atoms with van der Waals surface area (Å²) >= 11 is 0. The molecule has 112 valence electrons. The van der Waals surface area contributed by atoms with E-state index in [0.29, 0.717) is 0 Å². The van der Waals surface area contributed by atoms with E-state index in [1.54, 1.807) is 0 Å². The monoisotopic (exact) mass is 268 g/mol. The van der Waals surface area contributed by atoms with Crippen LogP contribution in [0.25, 0.3) is 0 Å². The highest BCUT2D eigenvalue weighted by atomic mass is 16.5. The SMILES string of the molecule is CC(C)(C)NCC1CCN(CCCOCC2CC2)C1. The summed E-state index contributed by atoms with van der Waals surface area (Å²) in [7, 11) is 0. The molecule has 3 heteroatoms. The zero-order valence-electron chi connectivity index (χ0n) is 13.1. The van der Waals surface area contributed by atoms with Crippen molar-refractivity contribution in [2.24, 2.45) is 11.8 Å². The molecule has 2 rings (SSSR count). The Morgan fingerprint density at radius 3 is 2.63 bits per heavy atom. The van der Waals surface area contributed by atoms with Crippen LogP contribution in [-0.4, -0.2) is 49.8 Å². The Hall–Kier alpha value is -0.120. The lowest BCUT2D eigenvalue weighted by Gasteiger charge is -2.23. The van der Waals surface area contributed by atoms with Crippen LogP contribution in [0.5, 0.6) is 0 Å². The average Bonchev–Trinajstić information content (AvgIpc) is 3.04. The molecule has 1 heterocycles. The van der Waals surface area contributed by atoms with Crippen LogP contribution in [0.2, 0.25) is 0 Å². The van der Waals surface area contributed by atoms with Gasteiger partial charge in [-0.2, -0.15) is 0 Å². The molecule has 1 saturated carbocycles. The molecule has 1 aliphatic carbocycles. The molecule has 2 aliphatic rings. The lowest BCUT2D eigenvalue weighted by molar-refractivity contribution is 0.114. The van der Waals surface area contributed by atoms with Gasteiger partial charge in [0.15, 0.2) is 0 Å². The van der Waals surface area contributed by atoms with Crippen molar-refractivity contribution in [3.05, 3.63) is 0 Å². The summed E-state index contributed by atoms with van der Waals surface area (Å²) in [5.41, 5.74) is 0.254. The van der Waals surface area contributed by atoms with Crippen molar-refractivity contribution in [2.45, 2.75) is 52.0 Å². The minimum Gasteiger partial charge on any atom is -0.381 e. The van der Waals surface area contributed by atoms with Gasteiger partial charge in [0.25, 0.3) is 0 Å². The molecule has 1 aliphatic heterocycles. The summed E-state index contributed by atoms with van der Waals surface area (Å²) in [5, 5.41) is 3.63. The topological polar surface area (TPSA) is 24.5 Å². The Labute approximate surface area is 119 Å². The first-order valence-corrected chi connectivity index (χ1v) is 8.08. The summed E-state index contributed by atoms with van der Waals surface area (Å²) < 4.78 is 5.70. The lowest BCUT2D eigenvalue weighted by atomic mass is 10.1. The molecule has 0 spiro atoms. The third kappa shape index (κ3) is 6.73. The smallest absolute Gasteiger partial charge is 0.0494 e. The van der Waals surface area contributed by atoms with Crippen molar-refractivity contribution >= 4 is 0 Å². The third-order valence-corrected chi connectivity index (χ3v) is 4.10. The van der Waals surface area contributed by atoms with Gasteiger partial charge in [-0.1, -0.05) is 0 Å². The number of hydrogen-bond donors (Lipinski definition) is 1.